The van der Waals surface area contributed by atoms with Crippen molar-refractivity contribution in [3.8, 4) is 17.2 Å². The van der Waals surface area contributed by atoms with E-state index in [1.54, 1.807) is 30.3 Å². The summed E-state index contributed by atoms with van der Waals surface area (Å²) in [7, 11) is 0. The average molecular weight is 480 g/mol. The van der Waals surface area contributed by atoms with E-state index in [2.05, 4.69) is 4.98 Å². The molecule has 1 heterocycles. The number of hydrogen-bond donors (Lipinski definition) is 1. The van der Waals surface area contributed by atoms with Crippen LogP contribution >= 0.6 is 11.6 Å². The SMILES string of the molecule is CC.O=C(O)COc1c(Cl)cccc1COc1ccc(OCc2ccc3ccccc3n2)cc1. The van der Waals surface area contributed by atoms with Crippen LogP contribution in [0.5, 0.6) is 17.2 Å². The van der Waals surface area contributed by atoms with Crippen LogP contribution in [0, 0.1) is 0 Å². The molecule has 4 rings (SSSR count). The number of ether oxygens (including phenoxy) is 3. The minimum absolute atomic E-state index is 0.177. The topological polar surface area (TPSA) is 77.9 Å². The summed E-state index contributed by atoms with van der Waals surface area (Å²) >= 11 is 6.14. The molecule has 0 radical (unpaired) electrons. The number of aliphatic carboxylic acids is 1. The number of nitrogens with zero attached hydrogens (tertiary/aromatic N) is 1. The summed E-state index contributed by atoms with van der Waals surface area (Å²) in [6.07, 6.45) is 0. The molecule has 4 aromatic rings. The van der Waals surface area contributed by atoms with Crippen LogP contribution in [0.15, 0.2) is 78.9 Å². The highest BCUT2D eigenvalue weighted by molar-refractivity contribution is 6.32. The Labute approximate surface area is 203 Å². The maximum Gasteiger partial charge on any atom is 0.341 e. The van der Waals surface area contributed by atoms with E-state index in [0.717, 1.165) is 16.6 Å². The van der Waals surface area contributed by atoms with Crippen molar-refractivity contribution in [2.75, 3.05) is 6.61 Å². The summed E-state index contributed by atoms with van der Waals surface area (Å²) < 4.78 is 16.9. The van der Waals surface area contributed by atoms with E-state index in [1.807, 2.05) is 62.4 Å². The highest BCUT2D eigenvalue weighted by atomic mass is 35.5. The Morgan fingerprint density at radius 1 is 0.824 bits per heavy atom. The molecule has 176 valence electrons. The fraction of sp³-hybridized carbons (Fsp3) is 0.185. The number of para-hydroxylation sites is 2. The second-order valence-corrected chi connectivity index (χ2v) is 7.36. The number of carboxylic acid groups (broad SMARTS) is 1. The van der Waals surface area contributed by atoms with Gasteiger partial charge in [-0.1, -0.05) is 61.8 Å². The van der Waals surface area contributed by atoms with Gasteiger partial charge in [0.15, 0.2) is 6.61 Å². The van der Waals surface area contributed by atoms with E-state index >= 15 is 0 Å². The van der Waals surface area contributed by atoms with Gasteiger partial charge in [0, 0.05) is 10.9 Å². The fourth-order valence-electron chi connectivity index (χ4n) is 3.10. The van der Waals surface area contributed by atoms with Gasteiger partial charge in [-0.2, -0.15) is 0 Å². The zero-order chi connectivity index (χ0) is 24.3. The average Bonchev–Trinajstić information content (AvgIpc) is 2.87. The molecule has 3 aromatic carbocycles. The van der Waals surface area contributed by atoms with Crippen molar-refractivity contribution >= 4 is 28.5 Å². The van der Waals surface area contributed by atoms with Crippen LogP contribution in [-0.2, 0) is 18.0 Å². The lowest BCUT2D eigenvalue weighted by atomic mass is 10.2. The third kappa shape index (κ3) is 6.86. The van der Waals surface area contributed by atoms with Crippen LogP contribution in [0.3, 0.4) is 0 Å². The van der Waals surface area contributed by atoms with Gasteiger partial charge in [0.2, 0.25) is 0 Å². The smallest absolute Gasteiger partial charge is 0.341 e. The van der Waals surface area contributed by atoms with Gasteiger partial charge in [0.1, 0.15) is 30.5 Å². The third-order valence-electron chi connectivity index (χ3n) is 4.65. The number of fused-ring (bicyclic) bond motifs is 1. The van der Waals surface area contributed by atoms with Gasteiger partial charge in [-0.3, -0.25) is 0 Å². The van der Waals surface area contributed by atoms with Crippen LogP contribution < -0.4 is 14.2 Å². The van der Waals surface area contributed by atoms with Crippen LogP contribution in [0.2, 0.25) is 5.02 Å². The minimum Gasteiger partial charge on any atom is -0.489 e. The Bertz CT molecular complexity index is 1230. The molecule has 7 heteroatoms. The molecule has 0 unspecified atom stereocenters. The summed E-state index contributed by atoms with van der Waals surface area (Å²) in [4.78, 5) is 15.4. The molecular formula is C27H26ClNO5. The number of rotatable bonds is 9. The molecule has 0 saturated carbocycles. The molecule has 0 amide bonds. The molecule has 34 heavy (non-hydrogen) atoms. The van der Waals surface area contributed by atoms with Crippen LogP contribution in [-0.4, -0.2) is 22.7 Å². The van der Waals surface area contributed by atoms with Gasteiger partial charge < -0.3 is 19.3 Å². The van der Waals surface area contributed by atoms with E-state index in [0.29, 0.717) is 34.4 Å². The molecule has 1 aromatic heterocycles. The molecule has 0 bridgehead atoms. The van der Waals surface area contributed by atoms with Crippen LogP contribution in [0.25, 0.3) is 10.9 Å². The predicted octanol–water partition coefficient (Wildman–Crippen LogP) is 6.54. The Morgan fingerprint density at radius 3 is 2.21 bits per heavy atom. The molecular weight excluding hydrogens is 454 g/mol. The van der Waals surface area contributed by atoms with Crippen molar-refractivity contribution in [2.45, 2.75) is 27.1 Å². The summed E-state index contributed by atoms with van der Waals surface area (Å²) in [6, 6.07) is 24.3. The fourth-order valence-corrected chi connectivity index (χ4v) is 3.35. The van der Waals surface area contributed by atoms with Crippen molar-refractivity contribution in [2.24, 2.45) is 0 Å². The number of pyridine rings is 1. The van der Waals surface area contributed by atoms with Crippen LogP contribution in [0.4, 0.5) is 0 Å². The molecule has 0 spiro atoms. The zero-order valence-corrected chi connectivity index (χ0v) is 19.8. The predicted molar refractivity (Wildman–Crippen MR) is 133 cm³/mol. The standard InChI is InChI=1S/C25H20ClNO5.C2H6/c26-22-6-3-5-18(25(22)32-16-24(28)29)14-30-20-10-12-21(13-11-20)31-15-19-9-8-17-4-1-2-7-23(17)27-19;1-2/h1-13H,14-16H2,(H,28,29);1-2H3. The largest absolute Gasteiger partial charge is 0.489 e. The highest BCUT2D eigenvalue weighted by Gasteiger charge is 2.11. The number of halogens is 1. The molecule has 0 aliphatic rings. The number of benzene rings is 3. The van der Waals surface area contributed by atoms with E-state index in [4.69, 9.17) is 30.9 Å². The molecule has 0 aliphatic carbocycles. The lowest BCUT2D eigenvalue weighted by Gasteiger charge is -2.13. The Kier molecular flexibility index (Phi) is 9.12. The Balaban J connectivity index is 0.00000158. The maximum atomic E-state index is 10.8. The highest BCUT2D eigenvalue weighted by Crippen LogP contribution is 2.30. The van der Waals surface area contributed by atoms with Crippen molar-refractivity contribution in [3.05, 3.63) is 95.1 Å². The lowest BCUT2D eigenvalue weighted by molar-refractivity contribution is -0.139. The van der Waals surface area contributed by atoms with Gasteiger partial charge in [-0.15, -0.1) is 0 Å². The lowest BCUT2D eigenvalue weighted by Crippen LogP contribution is -2.11. The van der Waals surface area contributed by atoms with E-state index in [9.17, 15) is 4.79 Å². The van der Waals surface area contributed by atoms with Crippen molar-refractivity contribution in [1.82, 2.24) is 4.98 Å². The second-order valence-electron chi connectivity index (χ2n) is 6.95. The number of carbonyl (C=O) groups is 1. The third-order valence-corrected chi connectivity index (χ3v) is 4.95. The molecule has 1 N–H and O–H groups in total. The van der Waals surface area contributed by atoms with E-state index < -0.39 is 12.6 Å². The summed E-state index contributed by atoms with van der Waals surface area (Å²) in [6.45, 7) is 4.06. The van der Waals surface area contributed by atoms with Crippen molar-refractivity contribution in [1.29, 1.82) is 0 Å². The summed E-state index contributed by atoms with van der Waals surface area (Å²) in [5.41, 5.74) is 2.44. The second kappa shape index (κ2) is 12.5. The molecule has 6 nitrogen and oxygen atoms in total. The van der Waals surface area contributed by atoms with Gasteiger partial charge in [0.05, 0.1) is 16.2 Å². The first-order chi connectivity index (χ1) is 16.6. The number of hydrogen-bond acceptors (Lipinski definition) is 5. The first kappa shape index (κ1) is 24.9. The van der Waals surface area contributed by atoms with Crippen LogP contribution in [0.1, 0.15) is 25.1 Å². The molecule has 0 fully saturated rings. The van der Waals surface area contributed by atoms with E-state index in [1.165, 1.54) is 0 Å². The van der Waals surface area contributed by atoms with Gasteiger partial charge in [-0.25, -0.2) is 9.78 Å². The molecule has 0 atom stereocenters. The normalized spacial score (nSPS) is 10.2. The first-order valence-electron chi connectivity index (χ1n) is 10.9. The molecule has 0 aliphatic heterocycles. The molecule has 0 saturated heterocycles. The van der Waals surface area contributed by atoms with Gasteiger partial charge in [-0.05, 0) is 42.5 Å². The van der Waals surface area contributed by atoms with Gasteiger partial charge >= 0.3 is 5.97 Å². The monoisotopic (exact) mass is 479 g/mol. The Morgan fingerprint density at radius 2 is 1.50 bits per heavy atom. The quantitative estimate of drug-likeness (QED) is 0.294. The Hall–Kier alpha value is -3.77. The zero-order valence-electron chi connectivity index (χ0n) is 19.0. The summed E-state index contributed by atoms with van der Waals surface area (Å²) in [5, 5.41) is 10.3. The maximum absolute atomic E-state index is 10.8. The van der Waals surface area contributed by atoms with Gasteiger partial charge in [0.25, 0.3) is 0 Å². The summed E-state index contributed by atoms with van der Waals surface area (Å²) in [5.74, 6) is 0.552. The first-order valence-corrected chi connectivity index (χ1v) is 11.3. The number of aromatic nitrogens is 1. The van der Waals surface area contributed by atoms with Crippen molar-refractivity contribution in [3.63, 3.8) is 0 Å². The number of carboxylic acids is 1. The van der Waals surface area contributed by atoms with Crippen molar-refractivity contribution < 1.29 is 24.1 Å². The van der Waals surface area contributed by atoms with E-state index in [-0.39, 0.29) is 6.61 Å². The minimum atomic E-state index is -1.08.